The Kier molecular flexibility index (Phi) is 11.2. The maximum Gasteiger partial charge on any atom is 0.224 e. The molecule has 1 N–H and O–H groups in total. The first-order valence-electron chi connectivity index (χ1n) is 9.80. The maximum absolute atomic E-state index is 13.0. The van der Waals surface area contributed by atoms with Gasteiger partial charge in [-0.05, 0) is 12.6 Å². The van der Waals surface area contributed by atoms with E-state index in [9.17, 15) is 4.79 Å². The van der Waals surface area contributed by atoms with Crippen LogP contribution in [0.15, 0.2) is 24.3 Å². The molecule has 0 saturated carbocycles. The second kappa shape index (κ2) is 12.5. The number of halogens is 2. The second-order valence-corrected chi connectivity index (χ2v) is 7.07. The first-order chi connectivity index (χ1) is 12.7. The second-order valence-electron chi connectivity index (χ2n) is 7.07. The van der Waals surface area contributed by atoms with Crippen LogP contribution in [0, 0.1) is 0 Å². The number of ether oxygens (including phenoxy) is 1. The van der Waals surface area contributed by atoms with Crippen molar-refractivity contribution in [3.63, 3.8) is 0 Å². The highest BCUT2D eigenvalue weighted by Crippen LogP contribution is 2.30. The molecule has 2 saturated heterocycles. The van der Waals surface area contributed by atoms with Crippen molar-refractivity contribution in [2.24, 2.45) is 0 Å². The molecule has 1 amide bonds. The van der Waals surface area contributed by atoms with Crippen LogP contribution in [0.4, 0.5) is 0 Å². The third-order valence-corrected chi connectivity index (χ3v) is 5.62. The summed E-state index contributed by atoms with van der Waals surface area (Å²) in [6, 6.07) is 8.08. The Morgan fingerprint density at radius 3 is 2.46 bits per heavy atom. The molecule has 1 unspecified atom stereocenters. The smallest absolute Gasteiger partial charge is 0.224 e. The molecule has 1 atom stereocenters. The number of amides is 1. The molecule has 8 heteroatoms. The summed E-state index contributed by atoms with van der Waals surface area (Å²) < 4.78 is 5.52. The minimum atomic E-state index is 0. The Morgan fingerprint density at radius 1 is 1.11 bits per heavy atom. The summed E-state index contributed by atoms with van der Waals surface area (Å²) in [6.45, 7) is 10.9. The van der Waals surface area contributed by atoms with E-state index in [2.05, 4.69) is 28.1 Å². The number of methoxy groups -OCH3 is 1. The van der Waals surface area contributed by atoms with Gasteiger partial charge in [0, 0.05) is 64.3 Å². The fourth-order valence-electron chi connectivity index (χ4n) is 3.95. The summed E-state index contributed by atoms with van der Waals surface area (Å²) in [4.78, 5) is 19.9. The largest absolute Gasteiger partial charge is 0.496 e. The van der Waals surface area contributed by atoms with E-state index in [4.69, 9.17) is 4.74 Å². The van der Waals surface area contributed by atoms with Crippen molar-refractivity contribution in [1.82, 2.24) is 20.0 Å². The summed E-state index contributed by atoms with van der Waals surface area (Å²) in [7, 11) is 1.69. The van der Waals surface area contributed by atoms with E-state index in [-0.39, 0.29) is 36.8 Å². The first kappa shape index (κ1) is 25.0. The van der Waals surface area contributed by atoms with Crippen molar-refractivity contribution in [3.05, 3.63) is 29.8 Å². The molecule has 28 heavy (non-hydrogen) atoms. The minimum Gasteiger partial charge on any atom is -0.496 e. The minimum absolute atomic E-state index is 0. The molecule has 2 fully saturated rings. The maximum atomic E-state index is 13.0. The van der Waals surface area contributed by atoms with Gasteiger partial charge in [0.15, 0.2) is 0 Å². The molecule has 1 aromatic carbocycles. The van der Waals surface area contributed by atoms with Crippen molar-refractivity contribution in [3.8, 4) is 5.75 Å². The van der Waals surface area contributed by atoms with Crippen LogP contribution in [0.25, 0.3) is 0 Å². The zero-order valence-electron chi connectivity index (χ0n) is 16.9. The van der Waals surface area contributed by atoms with Crippen LogP contribution in [-0.2, 0) is 4.79 Å². The van der Waals surface area contributed by atoms with Gasteiger partial charge in [0.1, 0.15) is 5.75 Å². The molecule has 2 aliphatic rings. The normalized spacial score (nSPS) is 20.8. The molecule has 0 aromatic heterocycles. The molecule has 6 nitrogen and oxygen atoms in total. The summed E-state index contributed by atoms with van der Waals surface area (Å²) in [6.07, 6.45) is 0.595. The quantitative estimate of drug-likeness (QED) is 0.744. The van der Waals surface area contributed by atoms with Crippen LogP contribution in [0.3, 0.4) is 0 Å². The first-order valence-corrected chi connectivity index (χ1v) is 9.80. The molecule has 0 bridgehead atoms. The van der Waals surface area contributed by atoms with Gasteiger partial charge >= 0.3 is 0 Å². The van der Waals surface area contributed by atoms with E-state index in [0.717, 1.165) is 70.2 Å². The Bertz CT molecular complexity index is 597. The number of piperazine rings is 2. The number of likely N-dealkylation sites (N-methyl/N-ethyl adjacent to an activating group) is 1. The predicted molar refractivity (Wildman–Crippen MR) is 118 cm³/mol. The van der Waals surface area contributed by atoms with Crippen molar-refractivity contribution in [1.29, 1.82) is 0 Å². The van der Waals surface area contributed by atoms with Crippen LogP contribution in [0.5, 0.6) is 5.75 Å². The average molecular weight is 433 g/mol. The average Bonchev–Trinajstić information content (AvgIpc) is 2.72. The molecular weight excluding hydrogens is 399 g/mol. The van der Waals surface area contributed by atoms with Crippen molar-refractivity contribution >= 4 is 30.7 Å². The lowest BCUT2D eigenvalue weighted by atomic mass is 10.0. The third-order valence-electron chi connectivity index (χ3n) is 5.62. The van der Waals surface area contributed by atoms with Crippen LogP contribution < -0.4 is 10.1 Å². The zero-order chi connectivity index (χ0) is 18.4. The molecule has 2 heterocycles. The van der Waals surface area contributed by atoms with Crippen molar-refractivity contribution in [2.75, 3.05) is 66.0 Å². The Balaban J connectivity index is 0.00000196. The van der Waals surface area contributed by atoms with Gasteiger partial charge in [0.25, 0.3) is 0 Å². The molecule has 0 spiro atoms. The Labute approximate surface area is 181 Å². The molecular formula is C20H34Cl2N4O2. The predicted octanol–water partition coefficient (Wildman–Crippen LogP) is 2.04. The molecule has 0 radical (unpaired) electrons. The van der Waals surface area contributed by atoms with E-state index in [1.54, 1.807) is 7.11 Å². The van der Waals surface area contributed by atoms with Gasteiger partial charge in [0.05, 0.1) is 13.2 Å². The fourth-order valence-corrected chi connectivity index (χ4v) is 3.95. The SMILES string of the molecule is CCN1CCN(CCC(=O)N2CCNCC2c2ccccc2OC)CC1.Cl.Cl. The highest BCUT2D eigenvalue weighted by Gasteiger charge is 2.30. The van der Waals surface area contributed by atoms with E-state index in [1.165, 1.54) is 0 Å². The highest BCUT2D eigenvalue weighted by atomic mass is 35.5. The number of hydrogen-bond donors (Lipinski definition) is 1. The summed E-state index contributed by atoms with van der Waals surface area (Å²) in [5.41, 5.74) is 1.09. The molecule has 3 rings (SSSR count). The number of para-hydroxylation sites is 1. The van der Waals surface area contributed by atoms with Crippen molar-refractivity contribution < 1.29 is 9.53 Å². The Hall–Kier alpha value is -1.05. The Morgan fingerprint density at radius 2 is 1.79 bits per heavy atom. The summed E-state index contributed by atoms with van der Waals surface area (Å²) >= 11 is 0. The highest BCUT2D eigenvalue weighted by molar-refractivity contribution is 5.85. The van der Waals surface area contributed by atoms with Crippen LogP contribution >= 0.6 is 24.8 Å². The number of rotatable bonds is 6. The number of nitrogens with one attached hydrogen (secondary N) is 1. The number of benzene rings is 1. The topological polar surface area (TPSA) is 48.0 Å². The van der Waals surface area contributed by atoms with E-state index in [1.807, 2.05) is 23.1 Å². The van der Waals surface area contributed by atoms with Crippen LogP contribution in [0.2, 0.25) is 0 Å². The van der Waals surface area contributed by atoms with Crippen LogP contribution in [-0.4, -0.2) is 86.6 Å². The standard InChI is InChI=1S/C20H32N4O2.2ClH/c1-3-22-12-14-23(15-13-22)10-8-20(25)24-11-9-21-16-18(24)17-6-4-5-7-19(17)26-2;;/h4-7,18,21H,3,8-16H2,1-2H3;2*1H. The van der Waals surface area contributed by atoms with Crippen LogP contribution in [0.1, 0.15) is 24.9 Å². The van der Waals surface area contributed by atoms with Gasteiger partial charge in [-0.3, -0.25) is 4.79 Å². The lowest BCUT2D eigenvalue weighted by molar-refractivity contribution is -0.135. The molecule has 160 valence electrons. The monoisotopic (exact) mass is 432 g/mol. The van der Waals surface area contributed by atoms with Gasteiger partial charge in [0.2, 0.25) is 5.91 Å². The number of carbonyl (C=O) groups is 1. The lowest BCUT2D eigenvalue weighted by Crippen LogP contribution is -2.50. The number of hydrogen-bond acceptors (Lipinski definition) is 5. The van der Waals surface area contributed by atoms with E-state index in [0.29, 0.717) is 6.42 Å². The van der Waals surface area contributed by atoms with Crippen molar-refractivity contribution in [2.45, 2.75) is 19.4 Å². The van der Waals surface area contributed by atoms with Gasteiger partial charge in [-0.25, -0.2) is 0 Å². The number of carbonyl (C=O) groups excluding carboxylic acids is 1. The summed E-state index contributed by atoms with van der Waals surface area (Å²) in [5, 5.41) is 3.42. The summed E-state index contributed by atoms with van der Waals surface area (Å²) in [5.74, 6) is 1.11. The van der Waals surface area contributed by atoms with Gasteiger partial charge in [-0.15, -0.1) is 24.8 Å². The van der Waals surface area contributed by atoms with E-state index < -0.39 is 0 Å². The molecule has 1 aromatic rings. The van der Waals surface area contributed by atoms with Gasteiger partial charge in [-0.1, -0.05) is 25.1 Å². The van der Waals surface area contributed by atoms with Gasteiger partial charge < -0.3 is 24.8 Å². The van der Waals surface area contributed by atoms with Gasteiger partial charge in [-0.2, -0.15) is 0 Å². The van der Waals surface area contributed by atoms with E-state index >= 15 is 0 Å². The number of nitrogens with zero attached hydrogens (tertiary/aromatic N) is 3. The molecule has 2 aliphatic heterocycles. The fraction of sp³-hybridized carbons (Fsp3) is 0.650. The molecule has 0 aliphatic carbocycles. The third kappa shape index (κ3) is 6.22. The lowest BCUT2D eigenvalue weighted by Gasteiger charge is -2.38. The zero-order valence-corrected chi connectivity index (χ0v) is 18.6.